The summed E-state index contributed by atoms with van der Waals surface area (Å²) in [4.78, 5) is 6.99. The van der Waals surface area contributed by atoms with Crippen molar-refractivity contribution in [1.82, 2.24) is 30.3 Å². The third-order valence-corrected chi connectivity index (χ3v) is 6.37. The van der Waals surface area contributed by atoms with Crippen molar-refractivity contribution in [3.63, 3.8) is 0 Å². The second kappa shape index (κ2) is 10.6. The Bertz CT molecular complexity index is 855. The Kier molecular flexibility index (Phi) is 7.40. The number of aliphatic imine (C=N–C) groups is 1. The van der Waals surface area contributed by atoms with E-state index in [-0.39, 0.29) is 0 Å². The number of hydrogen-bond donors (Lipinski definition) is 2. The molecule has 1 unspecified atom stereocenters. The molecule has 1 atom stereocenters. The lowest BCUT2D eigenvalue weighted by Gasteiger charge is -2.29. The number of methoxy groups -OCH3 is 1. The second-order valence-electron chi connectivity index (χ2n) is 8.33. The van der Waals surface area contributed by atoms with Crippen LogP contribution >= 0.6 is 0 Å². The maximum absolute atomic E-state index is 5.33. The fourth-order valence-corrected chi connectivity index (χ4v) is 4.59. The fourth-order valence-electron chi connectivity index (χ4n) is 4.59. The zero-order chi connectivity index (χ0) is 21.5. The Hall–Kier alpha value is -2.61. The van der Waals surface area contributed by atoms with E-state index in [1.165, 1.54) is 37.7 Å². The topological polar surface area (TPSA) is 79.6 Å². The fraction of sp³-hybridized carbons (Fsp3) is 0.609. The van der Waals surface area contributed by atoms with Gasteiger partial charge in [0.2, 0.25) is 0 Å². The van der Waals surface area contributed by atoms with Crippen LogP contribution in [0.2, 0.25) is 0 Å². The monoisotopic (exact) mass is 425 g/mol. The summed E-state index contributed by atoms with van der Waals surface area (Å²) in [6, 6.07) is 8.73. The molecule has 0 radical (unpaired) electrons. The number of nitrogens with zero attached hydrogens (tertiary/aromatic N) is 5. The number of ether oxygens (including phenoxy) is 1. The molecule has 0 spiro atoms. The van der Waals surface area contributed by atoms with E-state index in [9.17, 15) is 0 Å². The largest absolute Gasteiger partial charge is 0.497 e. The predicted octanol–water partition coefficient (Wildman–Crippen LogP) is 2.52. The van der Waals surface area contributed by atoms with Gasteiger partial charge < -0.3 is 19.9 Å². The van der Waals surface area contributed by atoms with Gasteiger partial charge >= 0.3 is 0 Å². The van der Waals surface area contributed by atoms with Crippen LogP contribution in [0, 0.1) is 0 Å². The van der Waals surface area contributed by atoms with E-state index in [0.29, 0.717) is 12.6 Å². The van der Waals surface area contributed by atoms with E-state index in [0.717, 1.165) is 56.0 Å². The molecule has 2 aliphatic rings. The number of guanidine groups is 1. The van der Waals surface area contributed by atoms with Crippen LogP contribution in [-0.4, -0.2) is 59.4 Å². The van der Waals surface area contributed by atoms with Crippen LogP contribution in [0.5, 0.6) is 5.75 Å². The molecule has 1 aromatic heterocycles. The van der Waals surface area contributed by atoms with E-state index < -0.39 is 0 Å². The normalized spacial score (nSPS) is 18.3. The lowest BCUT2D eigenvalue weighted by atomic mass is 10.1. The molecule has 2 N–H and O–H groups in total. The maximum Gasteiger partial charge on any atom is 0.191 e. The number of rotatable bonds is 7. The van der Waals surface area contributed by atoms with Crippen LogP contribution in [0.15, 0.2) is 29.3 Å². The second-order valence-corrected chi connectivity index (χ2v) is 8.33. The molecule has 0 bridgehead atoms. The maximum atomic E-state index is 5.33. The molecular weight excluding hydrogens is 390 g/mol. The molecule has 1 aromatic carbocycles. The van der Waals surface area contributed by atoms with Crippen molar-refractivity contribution in [2.24, 2.45) is 4.99 Å². The Labute approximate surface area is 185 Å². The first-order valence-corrected chi connectivity index (χ1v) is 11.5. The lowest BCUT2D eigenvalue weighted by Crippen LogP contribution is -2.42. The summed E-state index contributed by atoms with van der Waals surface area (Å²) in [5.41, 5.74) is 1.30. The third-order valence-electron chi connectivity index (χ3n) is 6.37. The highest BCUT2D eigenvalue weighted by molar-refractivity contribution is 5.79. The number of benzene rings is 1. The zero-order valence-corrected chi connectivity index (χ0v) is 18.8. The first-order chi connectivity index (χ1) is 15.3. The quantitative estimate of drug-likeness (QED) is 0.524. The highest BCUT2D eigenvalue weighted by atomic mass is 16.5. The van der Waals surface area contributed by atoms with Gasteiger partial charge in [-0.15, -0.1) is 10.2 Å². The smallest absolute Gasteiger partial charge is 0.191 e. The molecule has 2 aliphatic heterocycles. The van der Waals surface area contributed by atoms with Gasteiger partial charge in [-0.2, -0.15) is 0 Å². The first kappa shape index (κ1) is 21.6. The average molecular weight is 426 g/mol. The highest BCUT2D eigenvalue weighted by Gasteiger charge is 2.24. The van der Waals surface area contributed by atoms with E-state index in [1.807, 2.05) is 19.2 Å². The lowest BCUT2D eigenvalue weighted by molar-refractivity contribution is 0.245. The van der Waals surface area contributed by atoms with Crippen molar-refractivity contribution >= 4 is 5.96 Å². The molecule has 31 heavy (non-hydrogen) atoms. The Balaban J connectivity index is 1.38. The number of nitrogens with one attached hydrogen (secondary N) is 2. The molecule has 0 aliphatic carbocycles. The molecule has 168 valence electrons. The summed E-state index contributed by atoms with van der Waals surface area (Å²) in [7, 11) is 3.52. The van der Waals surface area contributed by atoms with E-state index >= 15 is 0 Å². The third kappa shape index (κ3) is 5.36. The van der Waals surface area contributed by atoms with Crippen LogP contribution in [-0.2, 0) is 19.5 Å². The molecule has 0 amide bonds. The van der Waals surface area contributed by atoms with E-state index in [2.05, 4.69) is 47.4 Å². The van der Waals surface area contributed by atoms with Gasteiger partial charge in [0.25, 0.3) is 0 Å². The van der Waals surface area contributed by atoms with Gasteiger partial charge in [0, 0.05) is 26.6 Å². The summed E-state index contributed by atoms with van der Waals surface area (Å²) in [5, 5.41) is 15.8. The minimum atomic E-state index is 0.302. The molecule has 3 heterocycles. The predicted molar refractivity (Wildman–Crippen MR) is 122 cm³/mol. The van der Waals surface area contributed by atoms with Gasteiger partial charge in [0.05, 0.1) is 19.7 Å². The number of aromatic nitrogens is 3. The van der Waals surface area contributed by atoms with Crippen molar-refractivity contribution in [2.45, 2.75) is 57.7 Å². The SMILES string of the molecule is CN=C(NCc1nnc2n1CCCCC2)NCC(c1ccc(OC)cc1)N1CCCC1. The Morgan fingerprint density at radius 1 is 1.03 bits per heavy atom. The zero-order valence-electron chi connectivity index (χ0n) is 18.8. The van der Waals surface area contributed by atoms with Crippen molar-refractivity contribution < 1.29 is 4.74 Å². The summed E-state index contributed by atoms with van der Waals surface area (Å²) >= 11 is 0. The summed E-state index contributed by atoms with van der Waals surface area (Å²) < 4.78 is 7.61. The molecule has 1 saturated heterocycles. The number of aryl methyl sites for hydroxylation is 1. The van der Waals surface area contributed by atoms with Crippen LogP contribution in [0.25, 0.3) is 0 Å². The van der Waals surface area contributed by atoms with Gasteiger partial charge in [-0.3, -0.25) is 9.89 Å². The number of hydrogen-bond acceptors (Lipinski definition) is 5. The Morgan fingerprint density at radius 3 is 2.55 bits per heavy atom. The van der Waals surface area contributed by atoms with Gasteiger partial charge in [0.15, 0.2) is 11.8 Å². The van der Waals surface area contributed by atoms with Gasteiger partial charge in [-0.25, -0.2) is 0 Å². The molecular formula is C23H35N7O. The van der Waals surface area contributed by atoms with Gasteiger partial charge in [0.1, 0.15) is 11.6 Å². The van der Waals surface area contributed by atoms with Gasteiger partial charge in [-0.05, 0) is 56.5 Å². The average Bonchev–Trinajstić information content (AvgIpc) is 3.41. The molecule has 0 saturated carbocycles. The van der Waals surface area contributed by atoms with Crippen molar-refractivity contribution in [3.05, 3.63) is 41.5 Å². The summed E-state index contributed by atoms with van der Waals surface area (Å²) in [5.74, 6) is 3.79. The van der Waals surface area contributed by atoms with Crippen LogP contribution in [0.1, 0.15) is 55.4 Å². The van der Waals surface area contributed by atoms with Crippen LogP contribution in [0.4, 0.5) is 0 Å². The van der Waals surface area contributed by atoms with E-state index in [4.69, 9.17) is 4.74 Å². The number of fused-ring (bicyclic) bond motifs is 1. The first-order valence-electron chi connectivity index (χ1n) is 11.5. The molecule has 2 aromatic rings. The highest BCUT2D eigenvalue weighted by Crippen LogP contribution is 2.26. The Morgan fingerprint density at radius 2 is 1.81 bits per heavy atom. The molecule has 8 heteroatoms. The summed E-state index contributed by atoms with van der Waals surface area (Å²) in [6.45, 7) is 4.71. The number of likely N-dealkylation sites (tertiary alicyclic amines) is 1. The standard InChI is InChI=1S/C23H35N7O/c1-24-23(26-17-22-28-27-21-8-4-3-5-15-30(21)22)25-16-20(29-13-6-7-14-29)18-9-11-19(31-2)12-10-18/h9-12,20H,3-8,13-17H2,1-2H3,(H2,24,25,26). The van der Waals surface area contributed by atoms with Crippen LogP contribution in [0.3, 0.4) is 0 Å². The minimum Gasteiger partial charge on any atom is -0.497 e. The summed E-state index contributed by atoms with van der Waals surface area (Å²) in [6.07, 6.45) is 7.22. The molecule has 8 nitrogen and oxygen atoms in total. The van der Waals surface area contributed by atoms with Crippen molar-refractivity contribution in [2.75, 3.05) is 33.8 Å². The van der Waals surface area contributed by atoms with Crippen LogP contribution < -0.4 is 15.4 Å². The van der Waals surface area contributed by atoms with Crippen molar-refractivity contribution in [1.29, 1.82) is 0 Å². The van der Waals surface area contributed by atoms with Crippen molar-refractivity contribution in [3.8, 4) is 5.75 Å². The van der Waals surface area contributed by atoms with Gasteiger partial charge in [-0.1, -0.05) is 18.6 Å². The molecule has 4 rings (SSSR count). The van der Waals surface area contributed by atoms with E-state index in [1.54, 1.807) is 7.11 Å². The molecule has 1 fully saturated rings. The minimum absolute atomic E-state index is 0.302.